The van der Waals surface area contributed by atoms with Crippen LogP contribution in [0.25, 0.3) is 0 Å². The summed E-state index contributed by atoms with van der Waals surface area (Å²) in [6.07, 6.45) is 0. The monoisotopic (exact) mass is 289 g/mol. The highest BCUT2D eigenvalue weighted by Crippen LogP contribution is 2.26. The molecule has 2 N–H and O–H groups in total. The summed E-state index contributed by atoms with van der Waals surface area (Å²) in [5.41, 5.74) is 2.80. The van der Waals surface area contributed by atoms with Gasteiger partial charge in [0.15, 0.2) is 5.13 Å². The van der Waals surface area contributed by atoms with E-state index in [1.807, 2.05) is 36.6 Å². The Kier molecular flexibility index (Phi) is 4.09. The molecule has 2 aromatic rings. The summed E-state index contributed by atoms with van der Waals surface area (Å²) in [5, 5.41) is 8.18. The van der Waals surface area contributed by atoms with Crippen LogP contribution in [0.4, 0.5) is 15.6 Å². The van der Waals surface area contributed by atoms with Crippen LogP contribution in [0, 0.1) is 6.92 Å². The number of para-hydroxylation sites is 1. The molecule has 1 aromatic carbocycles. The average molecular weight is 289 g/mol. The number of nitrogens with zero attached hydrogens (tertiary/aromatic N) is 1. The Morgan fingerprint density at radius 3 is 2.50 bits per heavy atom. The van der Waals surface area contributed by atoms with E-state index in [0.717, 1.165) is 16.9 Å². The van der Waals surface area contributed by atoms with Crippen molar-refractivity contribution in [3.05, 3.63) is 40.9 Å². The number of amides is 2. The van der Waals surface area contributed by atoms with Gasteiger partial charge in [-0.25, -0.2) is 9.78 Å². The molecule has 2 amide bonds. The van der Waals surface area contributed by atoms with Gasteiger partial charge in [0.1, 0.15) is 0 Å². The molecule has 1 aromatic heterocycles. The standard InChI is InChI=1S/C15H19N3OS/c1-10-7-5-6-8-11(10)16-13(19)18-14-17-12(9-20-14)15(2,3)4/h5-9H,1-4H3,(H2,16,17,18,19). The lowest BCUT2D eigenvalue weighted by molar-refractivity contribution is 0.262. The molecule has 5 heteroatoms. The molecule has 0 saturated carbocycles. The van der Waals surface area contributed by atoms with Crippen LogP contribution in [-0.4, -0.2) is 11.0 Å². The fourth-order valence-electron chi connectivity index (χ4n) is 1.64. The first-order chi connectivity index (χ1) is 9.36. The largest absolute Gasteiger partial charge is 0.325 e. The number of benzene rings is 1. The molecule has 0 aliphatic rings. The Morgan fingerprint density at radius 1 is 1.20 bits per heavy atom. The first kappa shape index (κ1) is 14.5. The highest BCUT2D eigenvalue weighted by Gasteiger charge is 2.18. The Balaban J connectivity index is 2.02. The van der Waals surface area contributed by atoms with Crippen molar-refractivity contribution in [1.82, 2.24) is 4.98 Å². The zero-order chi connectivity index (χ0) is 14.8. The molecule has 0 aliphatic carbocycles. The lowest BCUT2D eigenvalue weighted by atomic mass is 9.93. The Labute approximate surface area is 123 Å². The van der Waals surface area contributed by atoms with Crippen molar-refractivity contribution in [3.63, 3.8) is 0 Å². The number of aromatic nitrogens is 1. The minimum atomic E-state index is -0.269. The fourth-order valence-corrected chi connectivity index (χ4v) is 2.57. The van der Waals surface area contributed by atoms with Crippen molar-refractivity contribution in [1.29, 1.82) is 0 Å². The quantitative estimate of drug-likeness (QED) is 0.861. The van der Waals surface area contributed by atoms with E-state index < -0.39 is 0 Å². The van der Waals surface area contributed by atoms with E-state index in [4.69, 9.17) is 0 Å². The van der Waals surface area contributed by atoms with Gasteiger partial charge in [0, 0.05) is 16.5 Å². The van der Waals surface area contributed by atoms with Crippen LogP contribution in [0.15, 0.2) is 29.6 Å². The number of thiazole rings is 1. The smallest absolute Gasteiger partial charge is 0.307 e. The number of hydrogen-bond donors (Lipinski definition) is 2. The molecule has 0 atom stereocenters. The number of hydrogen-bond acceptors (Lipinski definition) is 3. The second-order valence-electron chi connectivity index (χ2n) is 5.68. The van der Waals surface area contributed by atoms with Gasteiger partial charge in [-0.05, 0) is 18.6 Å². The van der Waals surface area contributed by atoms with E-state index in [-0.39, 0.29) is 11.4 Å². The number of anilines is 2. The number of rotatable bonds is 2. The normalized spacial score (nSPS) is 11.2. The second-order valence-corrected chi connectivity index (χ2v) is 6.54. The van der Waals surface area contributed by atoms with Crippen LogP contribution in [-0.2, 0) is 5.41 Å². The highest BCUT2D eigenvalue weighted by molar-refractivity contribution is 7.14. The molecule has 20 heavy (non-hydrogen) atoms. The van der Waals surface area contributed by atoms with Crippen LogP contribution in [0.1, 0.15) is 32.0 Å². The van der Waals surface area contributed by atoms with Gasteiger partial charge in [-0.2, -0.15) is 0 Å². The van der Waals surface area contributed by atoms with E-state index in [1.165, 1.54) is 11.3 Å². The van der Waals surface area contributed by atoms with Crippen molar-refractivity contribution in [3.8, 4) is 0 Å². The summed E-state index contributed by atoms with van der Waals surface area (Å²) in [6.45, 7) is 8.24. The van der Waals surface area contributed by atoms with E-state index in [1.54, 1.807) is 0 Å². The SMILES string of the molecule is Cc1ccccc1NC(=O)Nc1nc(C(C)(C)C)cs1. The molecule has 0 radical (unpaired) electrons. The van der Waals surface area contributed by atoms with Gasteiger partial charge in [-0.1, -0.05) is 39.0 Å². The van der Waals surface area contributed by atoms with Crippen LogP contribution in [0.2, 0.25) is 0 Å². The van der Waals surface area contributed by atoms with Crippen molar-refractivity contribution >= 4 is 28.2 Å². The van der Waals surface area contributed by atoms with Crippen LogP contribution in [0.3, 0.4) is 0 Å². The van der Waals surface area contributed by atoms with Crippen LogP contribution >= 0.6 is 11.3 Å². The summed E-state index contributed by atoms with van der Waals surface area (Å²) in [4.78, 5) is 16.4. The predicted molar refractivity (Wildman–Crippen MR) is 84.6 cm³/mol. The molecular weight excluding hydrogens is 270 g/mol. The van der Waals surface area contributed by atoms with Gasteiger partial charge >= 0.3 is 6.03 Å². The van der Waals surface area contributed by atoms with Gasteiger partial charge in [0.2, 0.25) is 0 Å². The van der Waals surface area contributed by atoms with Crippen LogP contribution in [0.5, 0.6) is 0 Å². The maximum atomic E-state index is 11.9. The zero-order valence-electron chi connectivity index (χ0n) is 12.2. The number of nitrogens with one attached hydrogen (secondary N) is 2. The first-order valence-electron chi connectivity index (χ1n) is 6.46. The Bertz CT molecular complexity index is 614. The predicted octanol–water partition coefficient (Wildman–Crippen LogP) is 4.39. The third-order valence-corrected chi connectivity index (χ3v) is 3.64. The van der Waals surface area contributed by atoms with Crippen molar-refractivity contribution in [2.45, 2.75) is 33.1 Å². The van der Waals surface area contributed by atoms with Crippen molar-refractivity contribution in [2.75, 3.05) is 10.6 Å². The molecule has 4 nitrogen and oxygen atoms in total. The van der Waals surface area contributed by atoms with Gasteiger partial charge in [0.25, 0.3) is 0 Å². The summed E-state index contributed by atoms with van der Waals surface area (Å²) in [5.74, 6) is 0. The Hall–Kier alpha value is -1.88. The second kappa shape index (κ2) is 5.63. The summed E-state index contributed by atoms with van der Waals surface area (Å²) >= 11 is 1.44. The molecule has 106 valence electrons. The lowest BCUT2D eigenvalue weighted by Crippen LogP contribution is -2.20. The van der Waals surface area contributed by atoms with Crippen molar-refractivity contribution in [2.24, 2.45) is 0 Å². The molecule has 0 bridgehead atoms. The fraction of sp³-hybridized carbons (Fsp3) is 0.333. The Morgan fingerprint density at radius 2 is 1.90 bits per heavy atom. The van der Waals surface area contributed by atoms with Gasteiger partial charge < -0.3 is 5.32 Å². The topological polar surface area (TPSA) is 54.0 Å². The summed E-state index contributed by atoms with van der Waals surface area (Å²) < 4.78 is 0. The number of urea groups is 1. The van der Waals surface area contributed by atoms with E-state index >= 15 is 0 Å². The maximum absolute atomic E-state index is 11.9. The third kappa shape index (κ3) is 3.57. The molecule has 0 aliphatic heterocycles. The molecule has 0 fully saturated rings. The van der Waals surface area contributed by atoms with E-state index in [2.05, 4.69) is 36.4 Å². The highest BCUT2D eigenvalue weighted by atomic mass is 32.1. The molecule has 0 unspecified atom stereocenters. The third-order valence-electron chi connectivity index (χ3n) is 2.89. The molecule has 0 spiro atoms. The van der Waals surface area contributed by atoms with Gasteiger partial charge in [-0.15, -0.1) is 11.3 Å². The molecule has 0 saturated heterocycles. The zero-order valence-corrected chi connectivity index (χ0v) is 13.0. The number of carbonyl (C=O) groups excluding carboxylic acids is 1. The maximum Gasteiger partial charge on any atom is 0.325 e. The van der Waals surface area contributed by atoms with Gasteiger partial charge in [-0.3, -0.25) is 5.32 Å². The molecule has 1 heterocycles. The average Bonchev–Trinajstić information content (AvgIpc) is 2.80. The number of carbonyl (C=O) groups is 1. The van der Waals surface area contributed by atoms with E-state index in [0.29, 0.717) is 5.13 Å². The number of aryl methyl sites for hydroxylation is 1. The molecular formula is C15H19N3OS. The minimum Gasteiger partial charge on any atom is -0.307 e. The molecule has 2 rings (SSSR count). The lowest BCUT2D eigenvalue weighted by Gasteiger charge is -2.14. The van der Waals surface area contributed by atoms with E-state index in [9.17, 15) is 4.79 Å². The van der Waals surface area contributed by atoms with Gasteiger partial charge in [0.05, 0.1) is 5.69 Å². The van der Waals surface area contributed by atoms with Crippen molar-refractivity contribution < 1.29 is 4.79 Å². The summed E-state index contributed by atoms with van der Waals surface area (Å²) in [7, 11) is 0. The first-order valence-corrected chi connectivity index (χ1v) is 7.34. The van der Waals surface area contributed by atoms with Crippen LogP contribution < -0.4 is 10.6 Å². The summed E-state index contributed by atoms with van der Waals surface area (Å²) in [6, 6.07) is 7.39. The minimum absolute atomic E-state index is 0.0110.